The maximum atomic E-state index is 12.9. The quantitative estimate of drug-likeness (QED) is 0.195. The van der Waals surface area contributed by atoms with Crippen LogP contribution < -0.4 is 0 Å². The Hall–Kier alpha value is -2.24. The van der Waals surface area contributed by atoms with Crippen LogP contribution in [-0.2, 0) is 9.59 Å². The first-order chi connectivity index (χ1) is 16.7. The van der Waals surface area contributed by atoms with E-state index in [1.165, 1.54) is 0 Å². The van der Waals surface area contributed by atoms with Gasteiger partial charge in [-0.25, -0.2) is 0 Å². The van der Waals surface area contributed by atoms with Crippen LogP contribution in [0.25, 0.3) is 0 Å². The number of aliphatic hydroxyl groups is 2. The van der Waals surface area contributed by atoms with Crippen molar-refractivity contribution in [1.82, 2.24) is 0 Å². The molecule has 0 aliphatic heterocycles. The Morgan fingerprint density at radius 3 is 1.36 bits per heavy atom. The van der Waals surface area contributed by atoms with Crippen LogP contribution in [0.1, 0.15) is 120 Å². The minimum atomic E-state index is -0.166. The van der Waals surface area contributed by atoms with E-state index in [0.717, 1.165) is 24.3 Å². The van der Waals surface area contributed by atoms with E-state index in [-0.39, 0.29) is 46.0 Å². The highest BCUT2D eigenvalue weighted by Crippen LogP contribution is 2.37. The van der Waals surface area contributed by atoms with Crippen molar-refractivity contribution in [1.29, 1.82) is 0 Å². The number of aliphatic imine (C=N–C) groups is 2. The Balaban J connectivity index is 2.17. The zero-order chi connectivity index (χ0) is 27.3. The molecule has 0 spiro atoms. The van der Waals surface area contributed by atoms with Gasteiger partial charge in [0.1, 0.15) is 11.5 Å². The fraction of sp³-hybridized carbons (Fsp3) is 0.733. The molecule has 6 nitrogen and oxygen atoms in total. The van der Waals surface area contributed by atoms with Crippen molar-refractivity contribution < 1.29 is 19.8 Å². The summed E-state index contributed by atoms with van der Waals surface area (Å²) in [4.78, 5) is 35.4. The van der Waals surface area contributed by atoms with Crippen molar-refractivity contribution in [2.45, 2.75) is 132 Å². The molecule has 2 unspecified atom stereocenters. The van der Waals surface area contributed by atoms with Crippen LogP contribution in [0, 0.1) is 10.8 Å². The molecular weight excluding hydrogens is 452 g/mol. The van der Waals surface area contributed by atoms with E-state index in [0.29, 0.717) is 62.5 Å². The molecule has 36 heavy (non-hydrogen) atoms. The Morgan fingerprint density at radius 1 is 0.722 bits per heavy atom. The van der Waals surface area contributed by atoms with E-state index in [1.54, 1.807) is 0 Å². The first kappa shape index (κ1) is 30.0. The second-order valence-electron chi connectivity index (χ2n) is 12.4. The van der Waals surface area contributed by atoms with Crippen LogP contribution in [0.2, 0.25) is 0 Å². The standard InChI is InChI=1S/C30H48N2O4/c1-9-19(3)31-21-15-29(5,6)17-25(35)27(21)23(33)13-11-12-14-24(34)28-22(32-20(4)10-2)16-30(7,8)18-26(28)36/h19-20,33-34H,9-18H2,1-8H3/b27-23+,28-24+,31-21?,32-22?. The van der Waals surface area contributed by atoms with Gasteiger partial charge in [-0.05, 0) is 63.2 Å². The topological polar surface area (TPSA) is 99.3 Å². The third kappa shape index (κ3) is 8.14. The highest BCUT2D eigenvalue weighted by Gasteiger charge is 2.37. The van der Waals surface area contributed by atoms with Crippen molar-refractivity contribution in [2.24, 2.45) is 20.8 Å². The molecule has 0 aromatic heterocycles. The Labute approximate surface area is 218 Å². The Kier molecular flexibility index (Phi) is 10.3. The summed E-state index contributed by atoms with van der Waals surface area (Å²) in [5.41, 5.74) is 1.89. The van der Waals surface area contributed by atoms with E-state index >= 15 is 0 Å². The number of allylic oxidation sites excluding steroid dienone is 4. The minimum absolute atomic E-state index is 0.0444. The average Bonchev–Trinajstić information content (AvgIpc) is 2.74. The van der Waals surface area contributed by atoms with E-state index < -0.39 is 0 Å². The summed E-state index contributed by atoms with van der Waals surface area (Å²) in [5, 5.41) is 21.8. The molecule has 6 heteroatoms. The van der Waals surface area contributed by atoms with Gasteiger partial charge in [0.25, 0.3) is 0 Å². The van der Waals surface area contributed by atoms with Crippen LogP contribution >= 0.6 is 0 Å². The van der Waals surface area contributed by atoms with Crippen LogP contribution in [0.3, 0.4) is 0 Å². The lowest BCUT2D eigenvalue weighted by Crippen LogP contribution is -2.33. The lowest BCUT2D eigenvalue weighted by Gasteiger charge is -2.32. The van der Waals surface area contributed by atoms with Gasteiger partial charge in [-0.15, -0.1) is 0 Å². The first-order valence-corrected chi connectivity index (χ1v) is 13.7. The average molecular weight is 501 g/mol. The molecular formula is C30H48N2O4. The fourth-order valence-corrected chi connectivity index (χ4v) is 5.00. The van der Waals surface area contributed by atoms with Crippen molar-refractivity contribution in [3.05, 3.63) is 22.7 Å². The predicted octanol–water partition coefficient (Wildman–Crippen LogP) is 7.43. The number of hydrogen-bond acceptors (Lipinski definition) is 6. The van der Waals surface area contributed by atoms with Gasteiger partial charge in [0.2, 0.25) is 0 Å². The molecule has 2 rings (SSSR count). The van der Waals surface area contributed by atoms with Crippen molar-refractivity contribution in [3.63, 3.8) is 0 Å². The fourth-order valence-electron chi connectivity index (χ4n) is 5.00. The maximum absolute atomic E-state index is 12.9. The second kappa shape index (κ2) is 12.3. The molecule has 2 fully saturated rings. The number of Topliss-reactive ketones (excluding diaryl/α,β-unsaturated/α-hetero) is 2. The maximum Gasteiger partial charge on any atom is 0.168 e. The molecule has 0 aromatic rings. The van der Waals surface area contributed by atoms with Gasteiger partial charge in [0, 0.05) is 49.2 Å². The Bertz CT molecular complexity index is 887. The lowest BCUT2D eigenvalue weighted by molar-refractivity contribution is -0.118. The molecule has 2 N–H and O–H groups in total. The minimum Gasteiger partial charge on any atom is -0.511 e. The molecule has 202 valence electrons. The lowest BCUT2D eigenvalue weighted by atomic mass is 9.73. The van der Waals surface area contributed by atoms with Crippen molar-refractivity contribution in [2.75, 3.05) is 0 Å². The Morgan fingerprint density at radius 2 is 1.06 bits per heavy atom. The van der Waals surface area contributed by atoms with Gasteiger partial charge in [-0.1, -0.05) is 41.5 Å². The summed E-state index contributed by atoms with van der Waals surface area (Å²) in [7, 11) is 0. The number of unbranched alkanes of at least 4 members (excludes halogenated alkanes) is 1. The largest absolute Gasteiger partial charge is 0.511 e. The summed E-state index contributed by atoms with van der Waals surface area (Å²) >= 11 is 0. The SMILES string of the molecule is CCC(C)N=C1CC(C)(C)CC(=O)/C1=C(/O)CCCC/C(O)=C1\C(=O)CC(C)(C)CC1=NC(C)CC. The number of aliphatic hydroxyl groups excluding tert-OH is 2. The van der Waals surface area contributed by atoms with Gasteiger partial charge >= 0.3 is 0 Å². The second-order valence-corrected chi connectivity index (χ2v) is 12.4. The van der Waals surface area contributed by atoms with Gasteiger partial charge < -0.3 is 10.2 Å². The summed E-state index contributed by atoms with van der Waals surface area (Å²) in [6.45, 7) is 16.4. The van der Waals surface area contributed by atoms with E-state index in [9.17, 15) is 19.8 Å². The van der Waals surface area contributed by atoms with E-state index in [4.69, 9.17) is 9.98 Å². The molecule has 0 amide bonds. The summed E-state index contributed by atoms with van der Waals surface area (Å²) < 4.78 is 0. The zero-order valence-corrected chi connectivity index (χ0v) is 23.8. The molecule has 2 aliphatic rings. The highest BCUT2D eigenvalue weighted by molar-refractivity contribution is 6.25. The molecule has 0 bridgehead atoms. The number of carbonyl (C=O) groups excluding carboxylic acids is 2. The summed E-state index contributed by atoms with van der Waals surface area (Å²) in [5.74, 6) is 0.104. The highest BCUT2D eigenvalue weighted by atomic mass is 16.3. The summed E-state index contributed by atoms with van der Waals surface area (Å²) in [6.07, 6.45) is 5.77. The molecule has 0 saturated heterocycles. The monoisotopic (exact) mass is 500 g/mol. The zero-order valence-electron chi connectivity index (χ0n) is 23.8. The van der Waals surface area contributed by atoms with E-state index in [1.807, 2.05) is 13.8 Å². The van der Waals surface area contributed by atoms with Gasteiger partial charge in [0.15, 0.2) is 11.6 Å². The number of rotatable bonds is 9. The number of nitrogens with zero attached hydrogens (tertiary/aromatic N) is 2. The molecule has 2 aliphatic carbocycles. The van der Waals surface area contributed by atoms with Crippen LogP contribution in [-0.4, -0.2) is 45.3 Å². The van der Waals surface area contributed by atoms with Gasteiger partial charge in [-0.2, -0.15) is 0 Å². The molecule has 2 atom stereocenters. The smallest absolute Gasteiger partial charge is 0.168 e. The first-order valence-electron chi connectivity index (χ1n) is 13.7. The van der Waals surface area contributed by atoms with Gasteiger partial charge in [-0.3, -0.25) is 19.6 Å². The summed E-state index contributed by atoms with van der Waals surface area (Å²) in [6, 6.07) is 0.190. The number of ketones is 2. The normalized spacial score (nSPS) is 26.8. The molecule has 0 aromatic carbocycles. The number of hydrogen-bond donors (Lipinski definition) is 2. The van der Waals surface area contributed by atoms with Gasteiger partial charge in [0.05, 0.1) is 11.1 Å². The third-order valence-electron chi connectivity index (χ3n) is 7.29. The van der Waals surface area contributed by atoms with Crippen molar-refractivity contribution in [3.8, 4) is 0 Å². The molecule has 0 radical (unpaired) electrons. The third-order valence-corrected chi connectivity index (χ3v) is 7.29. The molecule has 2 saturated carbocycles. The van der Waals surface area contributed by atoms with Crippen LogP contribution in [0.5, 0.6) is 0 Å². The van der Waals surface area contributed by atoms with Crippen molar-refractivity contribution >= 4 is 23.0 Å². The van der Waals surface area contributed by atoms with Crippen LogP contribution in [0.15, 0.2) is 32.6 Å². The predicted molar refractivity (Wildman–Crippen MR) is 148 cm³/mol. The number of carbonyl (C=O) groups is 2. The molecule has 0 heterocycles. The van der Waals surface area contributed by atoms with Crippen LogP contribution in [0.4, 0.5) is 0 Å². The van der Waals surface area contributed by atoms with E-state index in [2.05, 4.69) is 41.5 Å².